The molecular formula is C14H14F3N5O2S. The Morgan fingerprint density at radius 1 is 1.32 bits per heavy atom. The number of fused-ring (bicyclic) bond motifs is 1. The first-order chi connectivity index (χ1) is 11.8. The highest BCUT2D eigenvalue weighted by molar-refractivity contribution is 8.13. The third-order valence-corrected chi connectivity index (χ3v) is 4.59. The number of pyridine rings is 1. The lowest BCUT2D eigenvalue weighted by Gasteiger charge is -2.13. The molecule has 11 heteroatoms. The molecule has 1 fully saturated rings. The van der Waals surface area contributed by atoms with Gasteiger partial charge in [-0.2, -0.15) is 13.2 Å². The molecule has 0 bridgehead atoms. The van der Waals surface area contributed by atoms with Crippen LogP contribution in [0.3, 0.4) is 0 Å². The molecule has 134 valence electrons. The van der Waals surface area contributed by atoms with E-state index in [2.05, 4.69) is 15.5 Å². The number of rotatable bonds is 5. The van der Waals surface area contributed by atoms with Crippen LogP contribution in [0.25, 0.3) is 5.65 Å². The monoisotopic (exact) mass is 373 g/mol. The molecule has 3 heterocycles. The van der Waals surface area contributed by atoms with Gasteiger partial charge in [-0.1, -0.05) is 11.8 Å². The Hall–Kier alpha value is -2.30. The van der Waals surface area contributed by atoms with Crippen molar-refractivity contribution in [1.82, 2.24) is 24.8 Å². The first-order valence-corrected chi connectivity index (χ1v) is 8.42. The molecule has 0 unspecified atom stereocenters. The lowest BCUT2D eigenvalue weighted by Crippen LogP contribution is -2.31. The van der Waals surface area contributed by atoms with Crippen molar-refractivity contribution in [2.45, 2.75) is 19.1 Å². The van der Waals surface area contributed by atoms with Crippen LogP contribution in [0.4, 0.5) is 18.0 Å². The number of alkyl halides is 3. The number of nitrogens with zero attached hydrogens (tertiary/aromatic N) is 4. The molecule has 1 aliphatic rings. The second-order valence-electron chi connectivity index (χ2n) is 5.39. The summed E-state index contributed by atoms with van der Waals surface area (Å²) >= 11 is 1.21. The van der Waals surface area contributed by atoms with E-state index in [4.69, 9.17) is 0 Å². The SMILES string of the molecule is O=C(CCN1CCSC1=O)NCc1nnc2ccc(C(F)(F)F)cn12. The number of hydrogen-bond donors (Lipinski definition) is 1. The van der Waals surface area contributed by atoms with Crippen molar-refractivity contribution >= 4 is 28.6 Å². The average molecular weight is 373 g/mol. The largest absolute Gasteiger partial charge is 0.417 e. The number of carbonyl (C=O) groups excluding carboxylic acids is 2. The quantitative estimate of drug-likeness (QED) is 0.866. The van der Waals surface area contributed by atoms with Crippen LogP contribution in [0.1, 0.15) is 17.8 Å². The summed E-state index contributed by atoms with van der Waals surface area (Å²) in [5, 5.41) is 10.1. The Kier molecular flexibility index (Phi) is 4.84. The van der Waals surface area contributed by atoms with Crippen LogP contribution in [0.5, 0.6) is 0 Å². The number of amides is 2. The Morgan fingerprint density at radius 2 is 2.12 bits per heavy atom. The molecule has 2 amide bonds. The van der Waals surface area contributed by atoms with Gasteiger partial charge in [0.15, 0.2) is 11.5 Å². The topological polar surface area (TPSA) is 79.6 Å². The second kappa shape index (κ2) is 6.90. The van der Waals surface area contributed by atoms with E-state index < -0.39 is 11.7 Å². The molecule has 1 N–H and O–H groups in total. The average Bonchev–Trinajstić information content (AvgIpc) is 3.15. The maximum absolute atomic E-state index is 12.8. The van der Waals surface area contributed by atoms with Crippen molar-refractivity contribution in [3.63, 3.8) is 0 Å². The fourth-order valence-electron chi connectivity index (χ4n) is 2.36. The van der Waals surface area contributed by atoms with E-state index in [0.717, 1.165) is 12.3 Å². The van der Waals surface area contributed by atoms with Crippen LogP contribution < -0.4 is 5.32 Å². The summed E-state index contributed by atoms with van der Waals surface area (Å²) in [6.07, 6.45) is -3.45. The van der Waals surface area contributed by atoms with Crippen LogP contribution in [-0.2, 0) is 17.5 Å². The van der Waals surface area contributed by atoms with Crippen LogP contribution in [0.2, 0.25) is 0 Å². The van der Waals surface area contributed by atoms with Crippen LogP contribution in [0.15, 0.2) is 18.3 Å². The molecule has 1 saturated heterocycles. The van der Waals surface area contributed by atoms with E-state index in [1.807, 2.05) is 0 Å². The normalized spacial score (nSPS) is 15.2. The molecule has 0 saturated carbocycles. The summed E-state index contributed by atoms with van der Waals surface area (Å²) in [6, 6.07) is 2.15. The van der Waals surface area contributed by atoms with Crippen molar-refractivity contribution in [1.29, 1.82) is 0 Å². The Morgan fingerprint density at radius 3 is 2.80 bits per heavy atom. The summed E-state index contributed by atoms with van der Waals surface area (Å²) in [4.78, 5) is 24.9. The molecule has 3 rings (SSSR count). The van der Waals surface area contributed by atoms with Gasteiger partial charge in [0.05, 0.1) is 12.1 Å². The number of halogens is 3. The minimum atomic E-state index is -4.47. The van der Waals surface area contributed by atoms with Crippen molar-refractivity contribution in [3.8, 4) is 0 Å². The van der Waals surface area contributed by atoms with E-state index in [0.29, 0.717) is 18.8 Å². The summed E-state index contributed by atoms with van der Waals surface area (Å²) in [5.74, 6) is 0.601. The maximum Gasteiger partial charge on any atom is 0.417 e. The first kappa shape index (κ1) is 17.5. The van der Waals surface area contributed by atoms with Crippen molar-refractivity contribution in [2.24, 2.45) is 0 Å². The van der Waals surface area contributed by atoms with Gasteiger partial charge in [0.25, 0.3) is 5.24 Å². The van der Waals surface area contributed by atoms with Gasteiger partial charge >= 0.3 is 6.18 Å². The lowest BCUT2D eigenvalue weighted by molar-refractivity contribution is -0.137. The second-order valence-corrected chi connectivity index (χ2v) is 6.43. The van der Waals surface area contributed by atoms with Crippen LogP contribution >= 0.6 is 11.8 Å². The summed E-state index contributed by atoms with van der Waals surface area (Å²) < 4.78 is 39.6. The maximum atomic E-state index is 12.8. The molecule has 0 spiro atoms. The molecule has 0 aliphatic carbocycles. The summed E-state index contributed by atoms with van der Waals surface area (Å²) in [5.41, 5.74) is -0.561. The number of thioether (sulfide) groups is 1. The molecule has 0 atom stereocenters. The minimum absolute atomic E-state index is 0.0454. The predicted octanol–water partition coefficient (Wildman–Crippen LogP) is 1.92. The van der Waals surface area contributed by atoms with Gasteiger partial charge < -0.3 is 10.2 Å². The van der Waals surface area contributed by atoms with Crippen LogP contribution in [-0.4, -0.2) is 49.5 Å². The van der Waals surface area contributed by atoms with Gasteiger partial charge in [-0.3, -0.25) is 14.0 Å². The van der Waals surface area contributed by atoms with E-state index >= 15 is 0 Å². The van der Waals surface area contributed by atoms with Gasteiger partial charge in [-0.05, 0) is 12.1 Å². The molecule has 0 aromatic carbocycles. The number of carbonyl (C=O) groups is 2. The van der Waals surface area contributed by atoms with Gasteiger partial charge in [-0.25, -0.2) is 0 Å². The zero-order valence-electron chi connectivity index (χ0n) is 12.9. The van der Waals surface area contributed by atoms with Gasteiger partial charge in [-0.15, -0.1) is 10.2 Å². The molecule has 25 heavy (non-hydrogen) atoms. The fourth-order valence-corrected chi connectivity index (χ4v) is 3.21. The lowest BCUT2D eigenvalue weighted by atomic mass is 10.3. The van der Waals surface area contributed by atoms with Gasteiger partial charge in [0.1, 0.15) is 0 Å². The zero-order valence-corrected chi connectivity index (χ0v) is 13.7. The molecular weight excluding hydrogens is 359 g/mol. The number of hydrogen-bond acceptors (Lipinski definition) is 5. The third-order valence-electron chi connectivity index (χ3n) is 3.70. The molecule has 7 nitrogen and oxygen atoms in total. The number of aromatic nitrogens is 3. The Labute approximate surface area is 144 Å². The predicted molar refractivity (Wildman–Crippen MR) is 83.9 cm³/mol. The van der Waals surface area contributed by atoms with Crippen molar-refractivity contribution in [2.75, 3.05) is 18.8 Å². The van der Waals surface area contributed by atoms with Crippen molar-refractivity contribution in [3.05, 3.63) is 29.7 Å². The standard InChI is InChI=1S/C14H14F3N5O2S/c15-14(16,17)9-1-2-10-19-20-11(22(10)8-9)7-18-12(23)3-4-21-5-6-25-13(21)24/h1-2,8H,3-7H2,(H,18,23). The van der Waals surface area contributed by atoms with Crippen molar-refractivity contribution < 1.29 is 22.8 Å². The smallest absolute Gasteiger partial charge is 0.349 e. The summed E-state index contributed by atoms with van der Waals surface area (Å²) in [7, 11) is 0. The highest BCUT2D eigenvalue weighted by Gasteiger charge is 2.31. The molecule has 1 aliphatic heterocycles. The van der Waals surface area contributed by atoms with E-state index in [1.165, 1.54) is 22.2 Å². The molecule has 2 aromatic rings. The van der Waals surface area contributed by atoms with E-state index in [-0.39, 0.29) is 35.6 Å². The van der Waals surface area contributed by atoms with E-state index in [9.17, 15) is 22.8 Å². The highest BCUT2D eigenvalue weighted by Crippen LogP contribution is 2.29. The Balaban J connectivity index is 1.60. The summed E-state index contributed by atoms with van der Waals surface area (Å²) in [6.45, 7) is 0.881. The third kappa shape index (κ3) is 4.03. The molecule has 2 aromatic heterocycles. The molecule has 0 radical (unpaired) electrons. The van der Waals surface area contributed by atoms with Gasteiger partial charge in [0.2, 0.25) is 5.91 Å². The number of nitrogens with one attached hydrogen (secondary N) is 1. The highest BCUT2D eigenvalue weighted by atomic mass is 32.2. The van der Waals surface area contributed by atoms with E-state index in [1.54, 1.807) is 4.90 Å². The first-order valence-electron chi connectivity index (χ1n) is 7.44. The minimum Gasteiger partial charge on any atom is -0.349 e. The zero-order chi connectivity index (χ0) is 18.0. The van der Waals surface area contributed by atoms with Gasteiger partial charge in [0, 0.05) is 31.5 Å². The fraction of sp³-hybridized carbons (Fsp3) is 0.429. The Bertz CT molecular complexity index is 807. The van der Waals surface area contributed by atoms with Crippen LogP contribution in [0, 0.1) is 0 Å².